The second-order valence-electron chi connectivity index (χ2n) is 4.73. The van der Waals surface area contributed by atoms with E-state index in [1.165, 1.54) is 4.90 Å². The lowest BCUT2D eigenvalue weighted by atomic mass is 10.1. The number of amides is 3. The molecule has 16 heavy (non-hydrogen) atoms. The van der Waals surface area contributed by atoms with Gasteiger partial charge in [-0.3, -0.25) is 14.6 Å². The van der Waals surface area contributed by atoms with E-state index >= 15 is 0 Å². The molecule has 1 unspecified atom stereocenters. The summed E-state index contributed by atoms with van der Waals surface area (Å²) in [5.74, 6) is -0.187. The summed E-state index contributed by atoms with van der Waals surface area (Å²) < 4.78 is 0. The molecule has 0 aromatic rings. The summed E-state index contributed by atoms with van der Waals surface area (Å²) in [6.07, 6.45) is 0.673. The van der Waals surface area contributed by atoms with E-state index in [9.17, 15) is 14.7 Å². The average Bonchev–Trinajstić information content (AvgIpc) is 2.72. The van der Waals surface area contributed by atoms with Gasteiger partial charge in [0, 0.05) is 26.2 Å². The van der Waals surface area contributed by atoms with Crippen LogP contribution in [0.1, 0.15) is 13.3 Å². The predicted octanol–water partition coefficient (Wildman–Crippen LogP) is -1.01. The summed E-state index contributed by atoms with van der Waals surface area (Å²) >= 11 is 0. The van der Waals surface area contributed by atoms with E-state index in [-0.39, 0.29) is 18.5 Å². The molecule has 1 atom stereocenters. The summed E-state index contributed by atoms with van der Waals surface area (Å²) in [6.45, 7) is 4.15. The summed E-state index contributed by atoms with van der Waals surface area (Å²) in [7, 11) is 0. The van der Waals surface area contributed by atoms with Crippen LogP contribution in [0.2, 0.25) is 0 Å². The highest BCUT2D eigenvalue weighted by Crippen LogP contribution is 2.19. The van der Waals surface area contributed by atoms with E-state index in [2.05, 4.69) is 5.32 Å². The maximum absolute atomic E-state index is 11.8. The summed E-state index contributed by atoms with van der Waals surface area (Å²) in [6, 6.07) is -0.309. The highest BCUT2D eigenvalue weighted by atomic mass is 16.3. The van der Waals surface area contributed by atoms with Gasteiger partial charge < -0.3 is 10.4 Å². The first-order valence-electron chi connectivity index (χ1n) is 5.51. The molecule has 0 aliphatic carbocycles. The van der Waals surface area contributed by atoms with Gasteiger partial charge in [0.1, 0.15) is 0 Å². The Labute approximate surface area is 94.2 Å². The SMILES string of the molecule is CC1(O)CCN(CC(=O)N2CCNC2=O)C1. The third-order valence-electron chi connectivity index (χ3n) is 3.05. The van der Waals surface area contributed by atoms with Gasteiger partial charge in [0.2, 0.25) is 5.91 Å². The summed E-state index contributed by atoms with van der Waals surface area (Å²) in [4.78, 5) is 26.1. The molecule has 2 rings (SSSR count). The second kappa shape index (κ2) is 4.03. The molecule has 0 aromatic heterocycles. The quantitative estimate of drug-likeness (QED) is 0.634. The van der Waals surface area contributed by atoms with E-state index in [0.717, 1.165) is 0 Å². The minimum absolute atomic E-state index is 0.187. The lowest BCUT2D eigenvalue weighted by Crippen LogP contribution is -2.42. The molecule has 6 heteroatoms. The third kappa shape index (κ3) is 2.33. The molecule has 6 nitrogen and oxygen atoms in total. The molecule has 2 heterocycles. The average molecular weight is 227 g/mol. The molecule has 90 valence electrons. The first kappa shape index (κ1) is 11.3. The van der Waals surface area contributed by atoms with Crippen molar-refractivity contribution in [3.05, 3.63) is 0 Å². The monoisotopic (exact) mass is 227 g/mol. The van der Waals surface area contributed by atoms with Crippen LogP contribution in [0.4, 0.5) is 4.79 Å². The minimum Gasteiger partial charge on any atom is -0.389 e. The van der Waals surface area contributed by atoms with Crippen LogP contribution in [0, 0.1) is 0 Å². The molecule has 2 aliphatic rings. The zero-order valence-corrected chi connectivity index (χ0v) is 9.40. The van der Waals surface area contributed by atoms with Gasteiger partial charge in [0.25, 0.3) is 0 Å². The number of urea groups is 1. The Morgan fingerprint density at radius 3 is 2.81 bits per heavy atom. The number of aliphatic hydroxyl groups is 1. The van der Waals surface area contributed by atoms with Crippen molar-refractivity contribution in [2.45, 2.75) is 18.9 Å². The molecule has 0 radical (unpaired) electrons. The molecule has 0 saturated carbocycles. The summed E-state index contributed by atoms with van der Waals surface area (Å²) in [5, 5.41) is 12.3. The van der Waals surface area contributed by atoms with Gasteiger partial charge in [0.05, 0.1) is 12.1 Å². The molecule has 0 bridgehead atoms. The number of hydrogen-bond donors (Lipinski definition) is 2. The zero-order valence-electron chi connectivity index (χ0n) is 9.40. The molecule has 2 N–H and O–H groups in total. The smallest absolute Gasteiger partial charge is 0.324 e. The second-order valence-corrected chi connectivity index (χ2v) is 4.73. The fourth-order valence-electron chi connectivity index (χ4n) is 2.16. The van der Waals surface area contributed by atoms with Crippen LogP contribution in [0.5, 0.6) is 0 Å². The topological polar surface area (TPSA) is 72.9 Å². The van der Waals surface area contributed by atoms with Crippen LogP contribution in [0.3, 0.4) is 0 Å². The third-order valence-corrected chi connectivity index (χ3v) is 3.05. The largest absolute Gasteiger partial charge is 0.389 e. The van der Waals surface area contributed by atoms with Crippen molar-refractivity contribution < 1.29 is 14.7 Å². The Morgan fingerprint density at radius 2 is 2.31 bits per heavy atom. The van der Waals surface area contributed by atoms with Crippen LogP contribution in [0.25, 0.3) is 0 Å². The fourth-order valence-corrected chi connectivity index (χ4v) is 2.16. The number of β-amino-alcohol motifs (C(OH)–C–C–N with tert-alkyl or cyclic N) is 1. The van der Waals surface area contributed by atoms with Crippen molar-refractivity contribution >= 4 is 11.9 Å². The number of carbonyl (C=O) groups excluding carboxylic acids is 2. The highest BCUT2D eigenvalue weighted by Gasteiger charge is 2.34. The zero-order chi connectivity index (χ0) is 11.8. The maximum Gasteiger partial charge on any atom is 0.324 e. The number of imide groups is 1. The Kier molecular flexibility index (Phi) is 2.86. The fraction of sp³-hybridized carbons (Fsp3) is 0.800. The lowest BCUT2D eigenvalue weighted by Gasteiger charge is -2.20. The number of rotatable bonds is 2. The van der Waals surface area contributed by atoms with Crippen LogP contribution in [0.15, 0.2) is 0 Å². The maximum atomic E-state index is 11.8. The van der Waals surface area contributed by atoms with Crippen LogP contribution >= 0.6 is 0 Å². The van der Waals surface area contributed by atoms with Crippen LogP contribution in [-0.2, 0) is 4.79 Å². The Morgan fingerprint density at radius 1 is 1.56 bits per heavy atom. The number of nitrogens with one attached hydrogen (secondary N) is 1. The number of likely N-dealkylation sites (tertiary alicyclic amines) is 1. The van der Waals surface area contributed by atoms with Crippen LogP contribution in [-0.4, -0.2) is 65.2 Å². The Balaban J connectivity index is 1.86. The standard InChI is InChI=1S/C10H17N3O3/c1-10(16)2-4-12(7-10)6-8(14)13-5-3-11-9(13)15/h16H,2-7H2,1H3,(H,11,15). The van der Waals surface area contributed by atoms with E-state index in [1.54, 1.807) is 6.92 Å². The molecule has 2 saturated heterocycles. The predicted molar refractivity (Wildman–Crippen MR) is 56.8 cm³/mol. The van der Waals surface area contributed by atoms with Crippen molar-refractivity contribution in [1.29, 1.82) is 0 Å². The molecular formula is C10H17N3O3. The molecule has 2 aliphatic heterocycles. The van der Waals surface area contributed by atoms with Crippen molar-refractivity contribution in [2.75, 3.05) is 32.7 Å². The van der Waals surface area contributed by atoms with Gasteiger partial charge in [-0.15, -0.1) is 0 Å². The number of hydrogen-bond acceptors (Lipinski definition) is 4. The molecule has 3 amide bonds. The Bertz CT molecular complexity index is 316. The van der Waals surface area contributed by atoms with Gasteiger partial charge in [0.15, 0.2) is 0 Å². The first-order chi connectivity index (χ1) is 7.48. The molecule has 0 aromatic carbocycles. The Hall–Kier alpha value is -1.14. The van der Waals surface area contributed by atoms with Gasteiger partial charge in [-0.05, 0) is 13.3 Å². The number of carbonyl (C=O) groups is 2. The molecule has 2 fully saturated rings. The van der Waals surface area contributed by atoms with Crippen LogP contribution < -0.4 is 5.32 Å². The van der Waals surface area contributed by atoms with Crippen molar-refractivity contribution in [1.82, 2.24) is 15.1 Å². The van der Waals surface area contributed by atoms with E-state index in [1.807, 2.05) is 4.90 Å². The van der Waals surface area contributed by atoms with E-state index in [0.29, 0.717) is 32.6 Å². The van der Waals surface area contributed by atoms with Gasteiger partial charge in [-0.1, -0.05) is 0 Å². The minimum atomic E-state index is -0.701. The molecule has 0 spiro atoms. The van der Waals surface area contributed by atoms with Crippen molar-refractivity contribution in [3.8, 4) is 0 Å². The van der Waals surface area contributed by atoms with Gasteiger partial charge >= 0.3 is 6.03 Å². The lowest BCUT2D eigenvalue weighted by molar-refractivity contribution is -0.128. The van der Waals surface area contributed by atoms with Crippen molar-refractivity contribution in [2.24, 2.45) is 0 Å². The highest BCUT2D eigenvalue weighted by molar-refractivity contribution is 5.96. The number of nitrogens with zero attached hydrogens (tertiary/aromatic N) is 2. The molecular weight excluding hydrogens is 210 g/mol. The van der Waals surface area contributed by atoms with Gasteiger partial charge in [-0.25, -0.2) is 4.79 Å². The normalized spacial score (nSPS) is 30.9. The van der Waals surface area contributed by atoms with E-state index < -0.39 is 5.60 Å². The first-order valence-corrected chi connectivity index (χ1v) is 5.51. The van der Waals surface area contributed by atoms with E-state index in [4.69, 9.17) is 0 Å². The summed E-state index contributed by atoms with van der Waals surface area (Å²) in [5.41, 5.74) is -0.701. The van der Waals surface area contributed by atoms with Crippen molar-refractivity contribution in [3.63, 3.8) is 0 Å². The van der Waals surface area contributed by atoms with Gasteiger partial charge in [-0.2, -0.15) is 0 Å².